The molecule has 1 aromatic carbocycles. The fourth-order valence-electron chi connectivity index (χ4n) is 2.14. The third-order valence-corrected chi connectivity index (χ3v) is 3.28. The van der Waals surface area contributed by atoms with Crippen molar-refractivity contribution in [2.45, 2.75) is 6.92 Å². The maximum absolute atomic E-state index is 5.97. The van der Waals surface area contributed by atoms with Crippen molar-refractivity contribution in [3.8, 4) is 22.4 Å². The lowest BCUT2D eigenvalue weighted by Gasteiger charge is -2.06. The first-order chi connectivity index (χ1) is 9.63. The van der Waals surface area contributed by atoms with Crippen molar-refractivity contribution in [2.75, 3.05) is 5.73 Å². The highest BCUT2D eigenvalue weighted by Crippen LogP contribution is 2.28. The Balaban J connectivity index is 2.08. The molecule has 0 aliphatic heterocycles. The number of anilines is 1. The molecule has 4 heteroatoms. The van der Waals surface area contributed by atoms with Crippen LogP contribution in [-0.4, -0.2) is 14.5 Å². The Morgan fingerprint density at radius 3 is 2.45 bits per heavy atom. The van der Waals surface area contributed by atoms with E-state index in [-0.39, 0.29) is 0 Å². The molecule has 0 saturated carbocycles. The summed E-state index contributed by atoms with van der Waals surface area (Å²) in [5.74, 6) is 0.500. The molecule has 2 aromatic heterocycles. The minimum Gasteiger partial charge on any atom is -0.383 e. The quantitative estimate of drug-likeness (QED) is 0.774. The molecule has 0 saturated heterocycles. The maximum atomic E-state index is 5.97. The van der Waals surface area contributed by atoms with Crippen molar-refractivity contribution in [1.82, 2.24) is 14.5 Å². The number of hydrogen-bond donors (Lipinski definition) is 1. The lowest BCUT2D eigenvalue weighted by molar-refractivity contribution is 0.913. The lowest BCUT2D eigenvalue weighted by Crippen LogP contribution is -1.95. The monoisotopic (exact) mass is 264 g/mol. The van der Waals surface area contributed by atoms with Gasteiger partial charge in [0.05, 0.1) is 12.0 Å². The lowest BCUT2D eigenvalue weighted by atomic mass is 10.0. The van der Waals surface area contributed by atoms with E-state index in [1.165, 1.54) is 5.56 Å². The molecule has 0 fully saturated rings. The molecule has 0 spiro atoms. The minimum atomic E-state index is 0.500. The van der Waals surface area contributed by atoms with Crippen molar-refractivity contribution >= 4 is 5.82 Å². The maximum Gasteiger partial charge on any atom is 0.132 e. The van der Waals surface area contributed by atoms with Crippen molar-refractivity contribution in [1.29, 1.82) is 0 Å². The van der Waals surface area contributed by atoms with E-state index in [0.29, 0.717) is 5.82 Å². The molecule has 0 bridgehead atoms. The predicted octanol–water partition coefficient (Wildman–Crippen LogP) is 3.04. The van der Waals surface area contributed by atoms with E-state index in [9.17, 15) is 0 Å². The Kier molecular flexibility index (Phi) is 2.99. The van der Waals surface area contributed by atoms with Gasteiger partial charge in [0, 0.05) is 30.6 Å². The molecule has 4 nitrogen and oxygen atoms in total. The molecule has 0 atom stereocenters. The molecule has 100 valence electrons. The number of benzene rings is 1. The first-order valence-electron chi connectivity index (χ1n) is 6.44. The standard InChI is InChI=1S/C16H16N4/c1-11-3-5-12(6-4-11)13-7-14(16(17)18-8-13)15-9-20(2)10-19-15/h3-10H,1-2H3,(H2,17,18). The summed E-state index contributed by atoms with van der Waals surface area (Å²) in [4.78, 5) is 8.63. The largest absolute Gasteiger partial charge is 0.383 e. The van der Waals surface area contributed by atoms with Crippen LogP contribution in [0.15, 0.2) is 49.1 Å². The van der Waals surface area contributed by atoms with Crippen LogP contribution in [-0.2, 0) is 7.05 Å². The second kappa shape index (κ2) is 4.81. The first kappa shape index (κ1) is 12.4. The Bertz CT molecular complexity index is 741. The average molecular weight is 264 g/mol. The number of pyridine rings is 1. The second-order valence-corrected chi connectivity index (χ2v) is 4.95. The van der Waals surface area contributed by atoms with Gasteiger partial charge in [0.1, 0.15) is 5.82 Å². The topological polar surface area (TPSA) is 56.7 Å². The van der Waals surface area contributed by atoms with Crippen molar-refractivity contribution in [3.05, 3.63) is 54.6 Å². The number of aromatic nitrogens is 3. The van der Waals surface area contributed by atoms with Gasteiger partial charge in [-0.3, -0.25) is 0 Å². The van der Waals surface area contributed by atoms with Crippen LogP contribution in [0.4, 0.5) is 5.82 Å². The number of nitrogens with two attached hydrogens (primary N) is 1. The normalized spacial score (nSPS) is 10.7. The summed E-state index contributed by atoms with van der Waals surface area (Å²) < 4.78 is 1.90. The average Bonchev–Trinajstić information content (AvgIpc) is 2.87. The third-order valence-electron chi connectivity index (χ3n) is 3.28. The molecule has 0 amide bonds. The SMILES string of the molecule is Cc1ccc(-c2cnc(N)c(-c3cn(C)cn3)c2)cc1. The summed E-state index contributed by atoms with van der Waals surface area (Å²) >= 11 is 0. The van der Waals surface area contributed by atoms with E-state index in [4.69, 9.17) is 5.73 Å². The van der Waals surface area contributed by atoms with E-state index in [0.717, 1.165) is 22.4 Å². The second-order valence-electron chi connectivity index (χ2n) is 4.95. The van der Waals surface area contributed by atoms with E-state index >= 15 is 0 Å². The Hall–Kier alpha value is -2.62. The van der Waals surface area contributed by atoms with Gasteiger partial charge in [0.25, 0.3) is 0 Å². The molecule has 0 aliphatic rings. The highest BCUT2D eigenvalue weighted by molar-refractivity contribution is 5.77. The number of nitrogen functional groups attached to an aromatic ring is 1. The zero-order valence-corrected chi connectivity index (χ0v) is 11.5. The van der Waals surface area contributed by atoms with Crippen molar-refractivity contribution in [2.24, 2.45) is 7.05 Å². The van der Waals surface area contributed by atoms with E-state index in [1.54, 1.807) is 12.5 Å². The predicted molar refractivity (Wildman–Crippen MR) is 81.0 cm³/mol. The van der Waals surface area contributed by atoms with Gasteiger partial charge < -0.3 is 10.3 Å². The molecular weight excluding hydrogens is 248 g/mol. The van der Waals surface area contributed by atoms with Crippen molar-refractivity contribution in [3.63, 3.8) is 0 Å². The van der Waals surface area contributed by atoms with E-state index in [1.807, 2.05) is 23.9 Å². The van der Waals surface area contributed by atoms with Crippen LogP contribution in [0.2, 0.25) is 0 Å². The van der Waals surface area contributed by atoms with Gasteiger partial charge in [-0.2, -0.15) is 0 Å². The zero-order chi connectivity index (χ0) is 14.1. The van der Waals surface area contributed by atoms with Crippen LogP contribution in [0.5, 0.6) is 0 Å². The minimum absolute atomic E-state index is 0.500. The Labute approximate surface area is 117 Å². The molecule has 20 heavy (non-hydrogen) atoms. The van der Waals surface area contributed by atoms with Gasteiger partial charge in [0.15, 0.2) is 0 Å². The summed E-state index contributed by atoms with van der Waals surface area (Å²) in [6, 6.07) is 10.4. The number of imidazole rings is 1. The zero-order valence-electron chi connectivity index (χ0n) is 11.5. The van der Waals surface area contributed by atoms with Gasteiger partial charge in [0.2, 0.25) is 0 Å². The van der Waals surface area contributed by atoms with Gasteiger partial charge >= 0.3 is 0 Å². The summed E-state index contributed by atoms with van der Waals surface area (Å²) in [5, 5.41) is 0. The number of nitrogens with zero attached hydrogens (tertiary/aromatic N) is 3. The van der Waals surface area contributed by atoms with Gasteiger partial charge in [-0.15, -0.1) is 0 Å². The molecule has 0 radical (unpaired) electrons. The molecule has 3 aromatic rings. The first-order valence-corrected chi connectivity index (χ1v) is 6.44. The third kappa shape index (κ3) is 2.28. The van der Waals surface area contributed by atoms with Crippen LogP contribution >= 0.6 is 0 Å². The van der Waals surface area contributed by atoms with E-state index < -0.39 is 0 Å². The van der Waals surface area contributed by atoms with Gasteiger partial charge in [-0.25, -0.2) is 9.97 Å². The van der Waals surface area contributed by atoms with Gasteiger partial charge in [-0.05, 0) is 18.6 Å². The Morgan fingerprint density at radius 1 is 1.05 bits per heavy atom. The number of hydrogen-bond acceptors (Lipinski definition) is 3. The molecule has 2 heterocycles. The fraction of sp³-hybridized carbons (Fsp3) is 0.125. The molecule has 0 unspecified atom stereocenters. The van der Waals surface area contributed by atoms with E-state index in [2.05, 4.69) is 41.2 Å². The van der Waals surface area contributed by atoms with Crippen LogP contribution < -0.4 is 5.73 Å². The Morgan fingerprint density at radius 2 is 1.80 bits per heavy atom. The summed E-state index contributed by atoms with van der Waals surface area (Å²) in [7, 11) is 1.93. The molecule has 3 rings (SSSR count). The van der Waals surface area contributed by atoms with Crippen molar-refractivity contribution < 1.29 is 0 Å². The van der Waals surface area contributed by atoms with Crippen LogP contribution in [0.1, 0.15) is 5.56 Å². The summed E-state index contributed by atoms with van der Waals surface area (Å²) in [6.45, 7) is 2.07. The summed E-state index contributed by atoms with van der Waals surface area (Å²) in [6.07, 6.45) is 5.49. The number of aryl methyl sites for hydroxylation is 2. The van der Waals surface area contributed by atoms with Crippen LogP contribution in [0, 0.1) is 6.92 Å². The number of rotatable bonds is 2. The molecular formula is C16H16N4. The summed E-state index contributed by atoms with van der Waals surface area (Å²) in [5.41, 5.74) is 11.1. The van der Waals surface area contributed by atoms with Crippen LogP contribution in [0.3, 0.4) is 0 Å². The fourth-order valence-corrected chi connectivity index (χ4v) is 2.14. The van der Waals surface area contributed by atoms with Gasteiger partial charge in [-0.1, -0.05) is 29.8 Å². The van der Waals surface area contributed by atoms with Crippen LogP contribution in [0.25, 0.3) is 22.4 Å². The molecule has 0 aliphatic carbocycles. The highest BCUT2D eigenvalue weighted by Gasteiger charge is 2.09. The molecule has 2 N–H and O–H groups in total. The smallest absolute Gasteiger partial charge is 0.132 e. The highest BCUT2D eigenvalue weighted by atomic mass is 15.0.